The Labute approximate surface area is 101 Å². The van der Waals surface area contributed by atoms with Gasteiger partial charge in [0.25, 0.3) is 0 Å². The molecule has 2 aliphatic heterocycles. The van der Waals surface area contributed by atoms with Gasteiger partial charge in [0.2, 0.25) is 0 Å². The maximum absolute atomic E-state index is 2.70. The number of likely N-dealkylation sites (N-methyl/N-ethyl adjacent to an activating group) is 1. The highest BCUT2D eigenvalue weighted by atomic mass is 32.1. The highest BCUT2D eigenvalue weighted by Gasteiger charge is 2.39. The van der Waals surface area contributed by atoms with Gasteiger partial charge in [0, 0.05) is 32.2 Å². The first-order valence-electron chi connectivity index (χ1n) is 5.89. The molecule has 0 N–H and O–H groups in total. The number of piperazine rings is 1. The van der Waals surface area contributed by atoms with E-state index in [0.29, 0.717) is 5.41 Å². The molecule has 3 heteroatoms. The van der Waals surface area contributed by atoms with Gasteiger partial charge in [-0.3, -0.25) is 4.90 Å². The van der Waals surface area contributed by atoms with E-state index in [1.165, 1.54) is 32.6 Å². The second-order valence-corrected chi connectivity index (χ2v) is 6.21. The molecule has 0 aromatic heterocycles. The summed E-state index contributed by atoms with van der Waals surface area (Å²) in [6, 6.07) is 0.845. The third-order valence-corrected chi connectivity index (χ3v) is 4.04. The molecule has 2 rings (SSSR count). The van der Waals surface area contributed by atoms with Gasteiger partial charge in [-0.25, -0.2) is 0 Å². The first-order valence-corrected chi connectivity index (χ1v) is 5.89. The topological polar surface area (TPSA) is 6.48 Å². The van der Waals surface area contributed by atoms with E-state index in [1.54, 1.807) is 0 Å². The molecule has 2 aliphatic rings. The van der Waals surface area contributed by atoms with E-state index in [9.17, 15) is 0 Å². The zero-order valence-corrected chi connectivity index (χ0v) is 11.6. The van der Waals surface area contributed by atoms with Gasteiger partial charge >= 0.3 is 0 Å². The Balaban J connectivity index is 0.00000112. The predicted octanol–water partition coefficient (Wildman–Crippen LogP) is 1.78. The quantitative estimate of drug-likeness (QED) is 0.626. The average Bonchev–Trinajstić information content (AvgIpc) is 2.45. The lowest BCUT2D eigenvalue weighted by atomic mass is 9.79. The molecule has 1 unspecified atom stereocenters. The van der Waals surface area contributed by atoms with E-state index < -0.39 is 0 Å². The predicted molar refractivity (Wildman–Crippen MR) is 70.8 cm³/mol. The van der Waals surface area contributed by atoms with Crippen molar-refractivity contribution in [1.29, 1.82) is 0 Å². The van der Waals surface area contributed by atoms with Gasteiger partial charge in [0.1, 0.15) is 0 Å². The van der Waals surface area contributed by atoms with Crippen LogP contribution in [-0.2, 0) is 0 Å². The molecule has 0 radical (unpaired) electrons. The van der Waals surface area contributed by atoms with Gasteiger partial charge in [0.05, 0.1) is 0 Å². The molecule has 0 saturated carbocycles. The Kier molecular flexibility index (Phi) is 4.13. The molecule has 0 bridgehead atoms. The highest BCUT2D eigenvalue weighted by molar-refractivity contribution is 7.59. The van der Waals surface area contributed by atoms with Crippen molar-refractivity contribution < 1.29 is 0 Å². The summed E-state index contributed by atoms with van der Waals surface area (Å²) in [6.07, 6.45) is 1.41. The molecule has 15 heavy (non-hydrogen) atoms. The minimum Gasteiger partial charge on any atom is -0.304 e. The zero-order valence-electron chi connectivity index (χ0n) is 10.6. The third-order valence-electron chi connectivity index (χ3n) is 4.04. The lowest BCUT2D eigenvalue weighted by Gasteiger charge is -2.35. The van der Waals surface area contributed by atoms with E-state index >= 15 is 0 Å². The number of fused-ring (bicyclic) bond motifs is 1. The summed E-state index contributed by atoms with van der Waals surface area (Å²) in [6.45, 7) is 12.3. The second-order valence-electron chi connectivity index (χ2n) is 6.21. The fraction of sp³-hybridized carbons (Fsp3) is 1.00. The second kappa shape index (κ2) is 4.64. The Morgan fingerprint density at radius 3 is 2.33 bits per heavy atom. The molecule has 0 spiro atoms. The Bertz CT molecular complexity index is 212. The van der Waals surface area contributed by atoms with E-state index in [0.717, 1.165) is 12.0 Å². The Morgan fingerprint density at radius 1 is 1.07 bits per heavy atom. The van der Waals surface area contributed by atoms with E-state index in [4.69, 9.17) is 0 Å². The fourth-order valence-corrected chi connectivity index (χ4v) is 2.83. The first-order chi connectivity index (χ1) is 6.47. The minimum atomic E-state index is 0. The van der Waals surface area contributed by atoms with Crippen LogP contribution in [0.25, 0.3) is 0 Å². The standard InChI is InChI=1S/C12H24N2.H2S/c1-12(2,3)10-7-11-9-13(4)5-6-14(11)8-10;/h10-11H,5-9H2,1-4H3;1H2/t10?,11-;/m0./s1. The summed E-state index contributed by atoms with van der Waals surface area (Å²) in [5.74, 6) is 0.902. The average molecular weight is 230 g/mol. The van der Waals surface area contributed by atoms with Gasteiger partial charge < -0.3 is 4.90 Å². The summed E-state index contributed by atoms with van der Waals surface area (Å²) in [7, 11) is 2.25. The molecule has 2 atom stereocenters. The maximum Gasteiger partial charge on any atom is 0.0227 e. The summed E-state index contributed by atoms with van der Waals surface area (Å²) >= 11 is 0. The van der Waals surface area contributed by atoms with Crippen molar-refractivity contribution in [3.63, 3.8) is 0 Å². The van der Waals surface area contributed by atoms with E-state index in [2.05, 4.69) is 37.6 Å². The van der Waals surface area contributed by atoms with Crippen molar-refractivity contribution in [3.8, 4) is 0 Å². The van der Waals surface area contributed by atoms with Gasteiger partial charge in [-0.1, -0.05) is 20.8 Å². The monoisotopic (exact) mass is 230 g/mol. The highest BCUT2D eigenvalue weighted by Crippen LogP contribution is 2.37. The van der Waals surface area contributed by atoms with Crippen LogP contribution in [0.3, 0.4) is 0 Å². The molecule has 90 valence electrons. The van der Waals surface area contributed by atoms with Gasteiger partial charge in [-0.2, -0.15) is 13.5 Å². The van der Waals surface area contributed by atoms with Crippen LogP contribution in [0.2, 0.25) is 0 Å². The molecule has 0 aromatic carbocycles. The van der Waals surface area contributed by atoms with Crippen LogP contribution in [0.4, 0.5) is 0 Å². The molecule has 2 heterocycles. The van der Waals surface area contributed by atoms with Gasteiger partial charge in [-0.05, 0) is 24.8 Å². The van der Waals surface area contributed by atoms with Crippen LogP contribution in [0, 0.1) is 11.3 Å². The number of hydrogen-bond donors (Lipinski definition) is 0. The van der Waals surface area contributed by atoms with Crippen molar-refractivity contribution in [2.45, 2.75) is 33.2 Å². The number of nitrogens with zero attached hydrogens (tertiary/aromatic N) is 2. The molecule has 2 fully saturated rings. The summed E-state index contributed by atoms with van der Waals surface area (Å²) < 4.78 is 0. The van der Waals surface area contributed by atoms with E-state index in [-0.39, 0.29) is 13.5 Å². The molecular formula is C12H26N2S. The summed E-state index contributed by atoms with van der Waals surface area (Å²) in [5, 5.41) is 0. The lowest BCUT2D eigenvalue weighted by Crippen LogP contribution is -2.48. The van der Waals surface area contributed by atoms with Crippen molar-refractivity contribution in [3.05, 3.63) is 0 Å². The van der Waals surface area contributed by atoms with Crippen molar-refractivity contribution >= 4 is 13.5 Å². The lowest BCUT2D eigenvalue weighted by molar-refractivity contribution is 0.122. The first kappa shape index (κ1) is 13.3. The van der Waals surface area contributed by atoms with Crippen molar-refractivity contribution in [2.75, 3.05) is 33.2 Å². The van der Waals surface area contributed by atoms with E-state index in [1.807, 2.05) is 0 Å². The molecule has 0 amide bonds. The van der Waals surface area contributed by atoms with Crippen LogP contribution in [-0.4, -0.2) is 49.1 Å². The maximum atomic E-state index is 2.70. The normalized spacial score (nSPS) is 33.6. The smallest absolute Gasteiger partial charge is 0.0227 e. The minimum absolute atomic E-state index is 0. The van der Waals surface area contributed by atoms with Crippen molar-refractivity contribution in [1.82, 2.24) is 9.80 Å². The zero-order chi connectivity index (χ0) is 10.3. The third kappa shape index (κ3) is 2.89. The van der Waals surface area contributed by atoms with Crippen LogP contribution in [0.5, 0.6) is 0 Å². The van der Waals surface area contributed by atoms with Crippen LogP contribution in [0.1, 0.15) is 27.2 Å². The largest absolute Gasteiger partial charge is 0.304 e. The van der Waals surface area contributed by atoms with Crippen LogP contribution < -0.4 is 0 Å². The SMILES string of the molecule is CN1CCN2CC(C(C)(C)C)C[C@H]2C1.S. The molecule has 2 saturated heterocycles. The summed E-state index contributed by atoms with van der Waals surface area (Å²) in [4.78, 5) is 5.18. The fourth-order valence-electron chi connectivity index (χ4n) is 2.83. The molecule has 0 aromatic rings. The molecule has 2 nitrogen and oxygen atoms in total. The van der Waals surface area contributed by atoms with Crippen molar-refractivity contribution in [2.24, 2.45) is 11.3 Å². The van der Waals surface area contributed by atoms with Gasteiger partial charge in [-0.15, -0.1) is 0 Å². The van der Waals surface area contributed by atoms with Gasteiger partial charge in [0.15, 0.2) is 0 Å². The summed E-state index contributed by atoms with van der Waals surface area (Å²) in [5.41, 5.74) is 0.496. The van der Waals surface area contributed by atoms with Crippen LogP contribution in [0.15, 0.2) is 0 Å². The number of hydrogen-bond acceptors (Lipinski definition) is 2. The number of rotatable bonds is 0. The molecule has 0 aliphatic carbocycles. The Morgan fingerprint density at radius 2 is 1.73 bits per heavy atom. The van der Waals surface area contributed by atoms with Crippen LogP contribution >= 0.6 is 13.5 Å². The Hall–Kier alpha value is 0.270. The molecular weight excluding hydrogens is 204 g/mol.